The number of anilines is 1. The Bertz CT molecular complexity index is 1040. The molecule has 0 radical (unpaired) electrons. The lowest BCUT2D eigenvalue weighted by atomic mass is 10.1. The van der Waals surface area contributed by atoms with Crippen molar-refractivity contribution in [2.24, 2.45) is 0 Å². The Labute approximate surface area is 156 Å². The van der Waals surface area contributed by atoms with Gasteiger partial charge in [0.25, 0.3) is 5.56 Å². The molecule has 0 amide bonds. The topological polar surface area (TPSA) is 69.3 Å². The number of pyridine rings is 1. The minimum atomic E-state index is -0.465. The van der Waals surface area contributed by atoms with Gasteiger partial charge in [0.15, 0.2) is 0 Å². The molecule has 1 N–H and O–H groups in total. The lowest BCUT2D eigenvalue weighted by Gasteiger charge is -2.16. The number of nitrogens with zero attached hydrogens (tertiary/aromatic N) is 3. The third kappa shape index (κ3) is 2.82. The first kappa shape index (κ1) is 17.9. The van der Waals surface area contributed by atoms with E-state index >= 15 is 0 Å². The third-order valence-electron chi connectivity index (χ3n) is 4.43. The summed E-state index contributed by atoms with van der Waals surface area (Å²) in [6.07, 6.45) is 1.66. The van der Waals surface area contributed by atoms with Crippen LogP contribution in [-0.2, 0) is 6.54 Å². The van der Waals surface area contributed by atoms with Crippen LogP contribution in [0.25, 0.3) is 6.08 Å². The van der Waals surface area contributed by atoms with Crippen LogP contribution in [0.4, 0.5) is 5.69 Å². The maximum absolute atomic E-state index is 12.3. The van der Waals surface area contributed by atoms with Gasteiger partial charge in [-0.05, 0) is 44.5 Å². The number of benzene rings is 1. The fourth-order valence-corrected chi connectivity index (χ4v) is 4.12. The van der Waals surface area contributed by atoms with E-state index in [9.17, 15) is 15.2 Å². The number of rotatable bonds is 3. The second kappa shape index (κ2) is 7.17. The van der Waals surface area contributed by atoms with Crippen molar-refractivity contribution in [3.63, 3.8) is 0 Å². The summed E-state index contributed by atoms with van der Waals surface area (Å²) >= 11 is 1.61. The standard InChI is InChI=1S/C20H19N3O2S/c1-4-22-16-8-6-7-9-17(16)26-18(22)11-10-14-13(3)15(12-21)20(25)23(5-2)19(14)24/h6-10,24H,4-5H2,1-3H3. The molecule has 0 atom stereocenters. The van der Waals surface area contributed by atoms with E-state index in [1.54, 1.807) is 31.7 Å². The number of para-hydroxylation sites is 1. The largest absolute Gasteiger partial charge is 0.494 e. The number of nitriles is 1. The van der Waals surface area contributed by atoms with Gasteiger partial charge in [-0.2, -0.15) is 5.26 Å². The van der Waals surface area contributed by atoms with Crippen molar-refractivity contribution in [1.82, 2.24) is 4.57 Å². The fraction of sp³-hybridized carbons (Fsp3) is 0.250. The Morgan fingerprint density at radius 2 is 2.00 bits per heavy atom. The van der Waals surface area contributed by atoms with Gasteiger partial charge in [-0.1, -0.05) is 29.6 Å². The monoisotopic (exact) mass is 365 g/mol. The van der Waals surface area contributed by atoms with Crippen molar-refractivity contribution in [2.75, 3.05) is 11.4 Å². The highest BCUT2D eigenvalue weighted by Crippen LogP contribution is 2.45. The molecule has 0 saturated carbocycles. The van der Waals surface area contributed by atoms with Gasteiger partial charge >= 0.3 is 0 Å². The molecule has 1 aromatic heterocycles. The van der Waals surface area contributed by atoms with Gasteiger partial charge in [-0.15, -0.1) is 0 Å². The molecule has 6 heteroatoms. The number of hydrogen-bond donors (Lipinski definition) is 1. The van der Waals surface area contributed by atoms with Crippen LogP contribution >= 0.6 is 11.8 Å². The predicted molar refractivity (Wildman–Crippen MR) is 104 cm³/mol. The molecule has 26 heavy (non-hydrogen) atoms. The Balaban J connectivity index is 2.17. The summed E-state index contributed by atoms with van der Waals surface area (Å²) in [5.74, 6) is -0.134. The zero-order chi connectivity index (χ0) is 18.8. The Hall–Kier alpha value is -2.87. The first-order valence-electron chi connectivity index (χ1n) is 8.41. The number of aromatic nitrogens is 1. The van der Waals surface area contributed by atoms with E-state index < -0.39 is 5.56 Å². The van der Waals surface area contributed by atoms with Crippen molar-refractivity contribution in [3.8, 4) is 11.9 Å². The lowest BCUT2D eigenvalue weighted by molar-refractivity contribution is 0.409. The maximum Gasteiger partial charge on any atom is 0.271 e. The second-order valence-electron chi connectivity index (χ2n) is 5.81. The maximum atomic E-state index is 12.3. The van der Waals surface area contributed by atoms with Gasteiger partial charge in [-0.3, -0.25) is 9.36 Å². The molecule has 3 rings (SSSR count). The van der Waals surface area contributed by atoms with E-state index in [1.165, 1.54) is 4.57 Å². The molecule has 0 saturated heterocycles. The molecule has 0 aliphatic carbocycles. The van der Waals surface area contributed by atoms with Crippen molar-refractivity contribution in [3.05, 3.63) is 62.1 Å². The smallest absolute Gasteiger partial charge is 0.271 e. The van der Waals surface area contributed by atoms with Crippen LogP contribution in [0.3, 0.4) is 0 Å². The van der Waals surface area contributed by atoms with Crippen LogP contribution in [0, 0.1) is 18.3 Å². The molecule has 1 aliphatic heterocycles. The van der Waals surface area contributed by atoms with Crippen LogP contribution < -0.4 is 10.5 Å². The second-order valence-corrected chi connectivity index (χ2v) is 6.84. The highest BCUT2D eigenvalue weighted by molar-refractivity contribution is 8.03. The average molecular weight is 365 g/mol. The van der Waals surface area contributed by atoms with Crippen molar-refractivity contribution in [2.45, 2.75) is 32.2 Å². The van der Waals surface area contributed by atoms with E-state index in [2.05, 4.69) is 29.7 Å². The number of hydrogen-bond acceptors (Lipinski definition) is 5. The zero-order valence-corrected chi connectivity index (χ0v) is 15.7. The summed E-state index contributed by atoms with van der Waals surface area (Å²) in [4.78, 5) is 15.6. The molecule has 0 fully saturated rings. The summed E-state index contributed by atoms with van der Waals surface area (Å²) in [6.45, 7) is 6.58. The predicted octanol–water partition coefficient (Wildman–Crippen LogP) is 3.84. The van der Waals surface area contributed by atoms with Crippen molar-refractivity contribution >= 4 is 23.5 Å². The van der Waals surface area contributed by atoms with Gasteiger partial charge in [0.1, 0.15) is 16.7 Å². The summed E-state index contributed by atoms with van der Waals surface area (Å²) in [7, 11) is 0. The van der Waals surface area contributed by atoms with Gasteiger partial charge in [0, 0.05) is 23.5 Å². The number of fused-ring (bicyclic) bond motifs is 1. The van der Waals surface area contributed by atoms with E-state index in [1.807, 2.05) is 18.2 Å². The molecule has 132 valence electrons. The molecule has 5 nitrogen and oxygen atoms in total. The first-order chi connectivity index (χ1) is 12.5. The highest BCUT2D eigenvalue weighted by Gasteiger charge is 2.23. The quantitative estimate of drug-likeness (QED) is 0.837. The molecular weight excluding hydrogens is 346 g/mol. The molecule has 0 bridgehead atoms. The molecule has 2 aromatic rings. The number of aromatic hydroxyl groups is 1. The van der Waals surface area contributed by atoms with Crippen LogP contribution in [0.15, 0.2) is 44.7 Å². The average Bonchev–Trinajstić information content (AvgIpc) is 2.99. The van der Waals surface area contributed by atoms with E-state index in [-0.39, 0.29) is 18.0 Å². The molecule has 2 heterocycles. The van der Waals surface area contributed by atoms with Gasteiger partial charge in [0.2, 0.25) is 5.88 Å². The van der Waals surface area contributed by atoms with Gasteiger partial charge in [-0.25, -0.2) is 0 Å². The summed E-state index contributed by atoms with van der Waals surface area (Å²) < 4.78 is 1.21. The third-order valence-corrected chi connectivity index (χ3v) is 5.52. The molecule has 0 unspecified atom stereocenters. The molecule has 1 aliphatic rings. The summed E-state index contributed by atoms with van der Waals surface area (Å²) in [5, 5.41) is 20.7. The van der Waals surface area contributed by atoms with Crippen LogP contribution in [0.5, 0.6) is 5.88 Å². The highest BCUT2D eigenvalue weighted by atomic mass is 32.2. The zero-order valence-electron chi connectivity index (χ0n) is 14.9. The van der Waals surface area contributed by atoms with Gasteiger partial charge in [0.05, 0.1) is 5.69 Å². The number of thioether (sulfide) groups is 1. The normalized spacial score (nSPS) is 12.5. The fourth-order valence-electron chi connectivity index (χ4n) is 3.03. The van der Waals surface area contributed by atoms with E-state index in [0.717, 1.165) is 22.2 Å². The molecule has 0 spiro atoms. The Morgan fingerprint density at radius 1 is 1.27 bits per heavy atom. The molecule has 1 aromatic carbocycles. The van der Waals surface area contributed by atoms with Crippen LogP contribution in [-0.4, -0.2) is 16.2 Å². The minimum absolute atomic E-state index is 0.0532. The minimum Gasteiger partial charge on any atom is -0.494 e. The SMILES string of the molecule is CCN1C(=C=Cc2c(C)c(C#N)c(=O)n(CC)c2O)Sc2ccccc21. The first-order valence-corrected chi connectivity index (χ1v) is 9.22. The Morgan fingerprint density at radius 3 is 2.65 bits per heavy atom. The lowest BCUT2D eigenvalue weighted by Crippen LogP contribution is -2.24. The Kier molecular flexibility index (Phi) is 4.94. The van der Waals surface area contributed by atoms with E-state index in [4.69, 9.17) is 0 Å². The van der Waals surface area contributed by atoms with Crippen LogP contribution in [0.1, 0.15) is 30.5 Å². The van der Waals surface area contributed by atoms with Crippen molar-refractivity contribution < 1.29 is 5.11 Å². The molecular formula is C20H19N3O2S. The van der Waals surface area contributed by atoms with Crippen LogP contribution in [0.2, 0.25) is 0 Å². The summed E-state index contributed by atoms with van der Waals surface area (Å²) in [6, 6.07) is 10.1. The van der Waals surface area contributed by atoms with Crippen molar-refractivity contribution in [1.29, 1.82) is 5.26 Å². The summed E-state index contributed by atoms with van der Waals surface area (Å²) in [5.41, 5.74) is 4.88. The van der Waals surface area contributed by atoms with Gasteiger partial charge < -0.3 is 10.0 Å². The van der Waals surface area contributed by atoms with E-state index in [0.29, 0.717) is 11.1 Å².